The fraction of sp³-hybridized carbons (Fsp3) is 0.480. The summed E-state index contributed by atoms with van der Waals surface area (Å²) in [6.45, 7) is 3.01. The number of aryl methyl sites for hydroxylation is 2. The van der Waals surface area contributed by atoms with Gasteiger partial charge in [-0.25, -0.2) is 12.7 Å². The third-order valence-electron chi connectivity index (χ3n) is 5.97. The van der Waals surface area contributed by atoms with Crippen LogP contribution in [0.4, 0.5) is 5.69 Å². The number of benzene rings is 2. The molecule has 168 valence electrons. The first-order chi connectivity index (χ1) is 15.0. The number of unbranched alkanes of at least 4 members (excludes halogenated alkanes) is 1. The van der Waals surface area contributed by atoms with Gasteiger partial charge in [0.1, 0.15) is 0 Å². The van der Waals surface area contributed by atoms with Gasteiger partial charge in [0.05, 0.1) is 5.75 Å². The minimum absolute atomic E-state index is 0.0116. The molecule has 0 atom stereocenters. The first kappa shape index (κ1) is 23.5. The highest BCUT2D eigenvalue weighted by molar-refractivity contribution is 7.89. The van der Waals surface area contributed by atoms with Gasteiger partial charge in [-0.05, 0) is 61.8 Å². The van der Waals surface area contributed by atoms with Gasteiger partial charge in [0, 0.05) is 24.7 Å². The number of anilines is 1. The molecule has 1 aliphatic heterocycles. The van der Waals surface area contributed by atoms with Crippen LogP contribution in [0.2, 0.25) is 0 Å². The summed E-state index contributed by atoms with van der Waals surface area (Å²) >= 11 is 0. The molecular weight excluding hydrogens is 408 g/mol. The van der Waals surface area contributed by atoms with Crippen molar-refractivity contribution >= 4 is 21.6 Å². The van der Waals surface area contributed by atoms with E-state index in [9.17, 15) is 13.2 Å². The molecule has 0 bridgehead atoms. The summed E-state index contributed by atoms with van der Waals surface area (Å²) in [6, 6.07) is 18.0. The van der Waals surface area contributed by atoms with Crippen LogP contribution in [-0.4, -0.2) is 37.5 Å². The zero-order valence-corrected chi connectivity index (χ0v) is 19.2. The van der Waals surface area contributed by atoms with Gasteiger partial charge < -0.3 is 5.32 Å². The lowest BCUT2D eigenvalue weighted by Crippen LogP contribution is -2.42. The number of sulfonamides is 1. The number of amides is 1. The standard InChI is InChI=1S/C25H34N2O3S/c1-2-3-8-22-12-14-24(15-13-22)26-25(28)23-16-18-27(19-17-23)31(29,30)20-7-11-21-9-5-4-6-10-21/h4-6,9-10,12-15,23H,2-3,7-8,11,16-20H2,1H3,(H,26,28). The molecule has 3 rings (SSSR count). The fourth-order valence-electron chi connectivity index (χ4n) is 4.01. The van der Waals surface area contributed by atoms with Crippen molar-refractivity contribution in [3.8, 4) is 0 Å². The monoisotopic (exact) mass is 442 g/mol. The third-order valence-corrected chi connectivity index (χ3v) is 7.93. The van der Waals surface area contributed by atoms with E-state index in [1.165, 1.54) is 18.4 Å². The zero-order chi connectivity index (χ0) is 22.1. The van der Waals surface area contributed by atoms with Gasteiger partial charge >= 0.3 is 0 Å². The van der Waals surface area contributed by atoms with Crippen LogP contribution in [0.3, 0.4) is 0 Å². The van der Waals surface area contributed by atoms with E-state index in [-0.39, 0.29) is 17.6 Å². The Morgan fingerprint density at radius 3 is 2.19 bits per heavy atom. The molecule has 0 unspecified atom stereocenters. The molecule has 2 aromatic carbocycles. The molecule has 0 aliphatic carbocycles. The summed E-state index contributed by atoms with van der Waals surface area (Å²) in [4.78, 5) is 12.6. The van der Waals surface area contributed by atoms with Gasteiger partial charge in [-0.15, -0.1) is 0 Å². The van der Waals surface area contributed by atoms with Crippen molar-refractivity contribution in [3.63, 3.8) is 0 Å². The van der Waals surface area contributed by atoms with E-state index in [1.807, 2.05) is 42.5 Å². The number of hydrogen-bond donors (Lipinski definition) is 1. The Morgan fingerprint density at radius 1 is 0.935 bits per heavy atom. The highest BCUT2D eigenvalue weighted by Gasteiger charge is 2.30. The number of nitrogens with one attached hydrogen (secondary N) is 1. The second-order valence-corrected chi connectivity index (χ2v) is 10.5. The smallest absolute Gasteiger partial charge is 0.227 e. The van der Waals surface area contributed by atoms with Crippen molar-refractivity contribution in [2.24, 2.45) is 5.92 Å². The quantitative estimate of drug-likeness (QED) is 0.583. The molecule has 1 aliphatic rings. The molecule has 1 heterocycles. The Morgan fingerprint density at radius 2 is 1.55 bits per heavy atom. The Hall–Kier alpha value is -2.18. The lowest BCUT2D eigenvalue weighted by Gasteiger charge is -2.30. The maximum Gasteiger partial charge on any atom is 0.227 e. The molecule has 1 fully saturated rings. The zero-order valence-electron chi connectivity index (χ0n) is 18.4. The van der Waals surface area contributed by atoms with Crippen molar-refractivity contribution in [1.29, 1.82) is 0 Å². The van der Waals surface area contributed by atoms with Crippen molar-refractivity contribution < 1.29 is 13.2 Å². The van der Waals surface area contributed by atoms with Gasteiger partial charge in [-0.3, -0.25) is 4.79 Å². The van der Waals surface area contributed by atoms with Crippen LogP contribution in [0.25, 0.3) is 0 Å². The number of rotatable bonds is 10. The van der Waals surface area contributed by atoms with Crippen LogP contribution < -0.4 is 5.32 Å². The Kier molecular flexibility index (Phi) is 8.67. The fourth-order valence-corrected chi connectivity index (χ4v) is 5.54. The van der Waals surface area contributed by atoms with Crippen LogP contribution in [0.5, 0.6) is 0 Å². The van der Waals surface area contributed by atoms with E-state index < -0.39 is 10.0 Å². The van der Waals surface area contributed by atoms with Crippen LogP contribution in [0, 0.1) is 5.92 Å². The summed E-state index contributed by atoms with van der Waals surface area (Å²) < 4.78 is 26.9. The van der Waals surface area contributed by atoms with E-state index in [0.717, 1.165) is 24.1 Å². The molecule has 31 heavy (non-hydrogen) atoms. The molecule has 6 heteroatoms. The van der Waals surface area contributed by atoms with E-state index in [2.05, 4.69) is 24.4 Å². The molecule has 1 amide bonds. The summed E-state index contributed by atoms with van der Waals surface area (Å²) in [7, 11) is -3.27. The second-order valence-electron chi connectivity index (χ2n) is 8.37. The molecule has 2 aromatic rings. The van der Waals surface area contributed by atoms with Gasteiger partial charge in [-0.1, -0.05) is 55.8 Å². The molecular formula is C25H34N2O3S. The highest BCUT2D eigenvalue weighted by Crippen LogP contribution is 2.22. The van der Waals surface area contributed by atoms with Crippen LogP contribution in [0.15, 0.2) is 54.6 Å². The Balaban J connectivity index is 1.43. The molecule has 5 nitrogen and oxygen atoms in total. The van der Waals surface area contributed by atoms with Gasteiger partial charge in [0.25, 0.3) is 0 Å². The molecule has 0 saturated carbocycles. The van der Waals surface area contributed by atoms with Crippen molar-refractivity contribution in [2.75, 3.05) is 24.2 Å². The van der Waals surface area contributed by atoms with Gasteiger partial charge in [0.2, 0.25) is 15.9 Å². The lowest BCUT2D eigenvalue weighted by atomic mass is 9.97. The predicted octanol–water partition coefficient (Wildman–Crippen LogP) is 4.64. The van der Waals surface area contributed by atoms with E-state index >= 15 is 0 Å². The largest absolute Gasteiger partial charge is 0.326 e. The Bertz CT molecular complexity index is 919. The number of carbonyl (C=O) groups is 1. The van der Waals surface area contributed by atoms with Crippen LogP contribution in [-0.2, 0) is 27.7 Å². The second kappa shape index (κ2) is 11.4. The van der Waals surface area contributed by atoms with Crippen LogP contribution in [0.1, 0.15) is 50.2 Å². The number of piperidine rings is 1. The lowest BCUT2D eigenvalue weighted by molar-refractivity contribution is -0.120. The number of hydrogen-bond acceptors (Lipinski definition) is 3. The molecule has 1 N–H and O–H groups in total. The number of nitrogens with zero attached hydrogens (tertiary/aromatic N) is 1. The third kappa shape index (κ3) is 7.18. The van der Waals surface area contributed by atoms with E-state index in [4.69, 9.17) is 0 Å². The minimum Gasteiger partial charge on any atom is -0.326 e. The first-order valence-electron chi connectivity index (χ1n) is 11.4. The van der Waals surface area contributed by atoms with E-state index in [1.54, 1.807) is 4.31 Å². The van der Waals surface area contributed by atoms with Gasteiger partial charge in [0.15, 0.2) is 0 Å². The molecule has 0 spiro atoms. The Labute approximate surface area is 186 Å². The van der Waals surface area contributed by atoms with Crippen molar-refractivity contribution in [3.05, 3.63) is 65.7 Å². The SMILES string of the molecule is CCCCc1ccc(NC(=O)C2CCN(S(=O)(=O)CCCc3ccccc3)CC2)cc1. The summed E-state index contributed by atoms with van der Waals surface area (Å²) in [5.41, 5.74) is 3.25. The van der Waals surface area contributed by atoms with E-state index in [0.29, 0.717) is 32.4 Å². The average Bonchev–Trinajstić information content (AvgIpc) is 2.79. The molecule has 1 saturated heterocycles. The average molecular weight is 443 g/mol. The maximum atomic E-state index is 12.7. The summed E-state index contributed by atoms with van der Waals surface area (Å²) in [5.74, 6) is 0.00123. The molecule has 0 radical (unpaired) electrons. The maximum absolute atomic E-state index is 12.7. The van der Waals surface area contributed by atoms with Crippen LogP contribution >= 0.6 is 0 Å². The van der Waals surface area contributed by atoms with Crippen molar-refractivity contribution in [1.82, 2.24) is 4.31 Å². The predicted molar refractivity (Wildman–Crippen MR) is 127 cm³/mol. The topological polar surface area (TPSA) is 66.5 Å². The molecule has 0 aromatic heterocycles. The normalized spacial score (nSPS) is 15.6. The van der Waals surface area contributed by atoms with Crippen molar-refractivity contribution in [2.45, 2.75) is 51.9 Å². The van der Waals surface area contributed by atoms with Gasteiger partial charge in [-0.2, -0.15) is 0 Å². The summed E-state index contributed by atoms with van der Waals surface area (Å²) in [6.07, 6.45) is 5.90. The highest BCUT2D eigenvalue weighted by atomic mass is 32.2. The first-order valence-corrected chi connectivity index (χ1v) is 13.0. The number of carbonyl (C=O) groups excluding carboxylic acids is 1. The minimum atomic E-state index is -3.27. The summed E-state index contributed by atoms with van der Waals surface area (Å²) in [5, 5.41) is 2.99.